The molecule has 0 radical (unpaired) electrons. The molecule has 1 amide bonds. The molecule has 10 heteroatoms. The molecular formula is C23H24N4O5S. The molecule has 33 heavy (non-hydrogen) atoms. The Morgan fingerprint density at radius 1 is 1.06 bits per heavy atom. The van der Waals surface area contributed by atoms with Crippen LogP contribution in [-0.4, -0.2) is 54.7 Å². The van der Waals surface area contributed by atoms with Crippen LogP contribution in [0, 0.1) is 0 Å². The summed E-state index contributed by atoms with van der Waals surface area (Å²) in [6.45, 7) is 3.90. The first-order valence-corrected chi connectivity index (χ1v) is 12.1. The van der Waals surface area contributed by atoms with Gasteiger partial charge in [-0.3, -0.25) is 9.48 Å². The Morgan fingerprint density at radius 2 is 1.82 bits per heavy atom. The third kappa shape index (κ3) is 4.37. The quantitative estimate of drug-likeness (QED) is 0.631. The number of ether oxygens (including phenoxy) is 2. The number of carbonyl (C=O) groups is 1. The molecule has 0 spiro atoms. The first-order valence-electron chi connectivity index (χ1n) is 10.7. The average Bonchev–Trinajstić information content (AvgIpc) is 3.14. The standard InChI is InChI=1S/C23H24N4O5S/c1-16(28)24-19-5-2-18-14-27-20(15-32-23(18)12-19)13-22(25-27)17-3-6-21(7-4-17)33(29,30)26-8-10-31-11-9-26/h2-7,12-13H,8-11,14-15H2,1H3,(H,24,28). The van der Waals surface area contributed by atoms with Crippen molar-refractivity contribution in [2.24, 2.45) is 0 Å². The molecular weight excluding hydrogens is 444 g/mol. The third-order valence-corrected chi connectivity index (χ3v) is 7.62. The number of amides is 1. The number of anilines is 1. The van der Waals surface area contributed by atoms with Crippen LogP contribution in [0.2, 0.25) is 0 Å². The van der Waals surface area contributed by atoms with E-state index in [-0.39, 0.29) is 10.8 Å². The van der Waals surface area contributed by atoms with Crippen molar-refractivity contribution in [2.45, 2.75) is 25.0 Å². The minimum atomic E-state index is -3.53. The van der Waals surface area contributed by atoms with E-state index in [9.17, 15) is 13.2 Å². The van der Waals surface area contributed by atoms with Crippen molar-refractivity contribution < 1.29 is 22.7 Å². The zero-order valence-electron chi connectivity index (χ0n) is 18.2. The lowest BCUT2D eigenvalue weighted by atomic mass is 10.1. The molecule has 3 heterocycles. The van der Waals surface area contributed by atoms with Gasteiger partial charge < -0.3 is 14.8 Å². The van der Waals surface area contributed by atoms with Crippen molar-refractivity contribution in [1.82, 2.24) is 14.1 Å². The van der Waals surface area contributed by atoms with Gasteiger partial charge in [-0.1, -0.05) is 18.2 Å². The molecule has 3 aromatic rings. The number of sulfonamides is 1. The summed E-state index contributed by atoms with van der Waals surface area (Å²) in [5.74, 6) is 0.580. The first-order chi connectivity index (χ1) is 15.9. The predicted molar refractivity (Wildman–Crippen MR) is 121 cm³/mol. The SMILES string of the molecule is CC(=O)Nc1ccc2c(c1)OCc1cc(-c3ccc(S(=O)(=O)N4CCOCC4)cc3)nn1C2. The lowest BCUT2D eigenvalue weighted by Crippen LogP contribution is -2.40. The maximum atomic E-state index is 12.8. The van der Waals surface area contributed by atoms with Crippen LogP contribution < -0.4 is 10.1 Å². The molecule has 1 fully saturated rings. The van der Waals surface area contributed by atoms with E-state index in [2.05, 4.69) is 5.32 Å². The summed E-state index contributed by atoms with van der Waals surface area (Å²) >= 11 is 0. The van der Waals surface area contributed by atoms with Gasteiger partial charge in [-0.25, -0.2) is 8.42 Å². The number of hydrogen-bond donors (Lipinski definition) is 1. The maximum Gasteiger partial charge on any atom is 0.243 e. The van der Waals surface area contributed by atoms with E-state index < -0.39 is 10.0 Å². The Morgan fingerprint density at radius 3 is 2.55 bits per heavy atom. The molecule has 2 aromatic carbocycles. The van der Waals surface area contributed by atoms with Crippen LogP contribution in [0.4, 0.5) is 5.69 Å². The molecule has 9 nitrogen and oxygen atoms in total. The van der Waals surface area contributed by atoms with E-state index in [0.29, 0.717) is 50.9 Å². The number of carbonyl (C=O) groups excluding carboxylic acids is 1. The Bertz CT molecular complexity index is 1290. The van der Waals surface area contributed by atoms with Crippen LogP contribution in [0.25, 0.3) is 11.3 Å². The fraction of sp³-hybridized carbons (Fsp3) is 0.304. The molecule has 1 aromatic heterocycles. The molecule has 1 N–H and O–H groups in total. The summed E-state index contributed by atoms with van der Waals surface area (Å²) in [4.78, 5) is 11.6. The minimum absolute atomic E-state index is 0.134. The van der Waals surface area contributed by atoms with Crippen LogP contribution in [0.1, 0.15) is 18.2 Å². The normalized spacial score (nSPS) is 16.3. The number of fused-ring (bicyclic) bond motifs is 2. The molecule has 0 bridgehead atoms. The minimum Gasteiger partial charge on any atom is -0.487 e. The smallest absolute Gasteiger partial charge is 0.243 e. The number of morpholine rings is 1. The maximum absolute atomic E-state index is 12.8. The lowest BCUT2D eigenvalue weighted by molar-refractivity contribution is -0.114. The second-order valence-electron chi connectivity index (χ2n) is 8.01. The lowest BCUT2D eigenvalue weighted by Gasteiger charge is -2.26. The Balaban J connectivity index is 1.36. The van der Waals surface area contributed by atoms with Crippen molar-refractivity contribution in [3.05, 3.63) is 59.8 Å². The van der Waals surface area contributed by atoms with Crippen molar-refractivity contribution in [1.29, 1.82) is 0 Å². The Hall–Kier alpha value is -3.21. The van der Waals surface area contributed by atoms with Gasteiger partial charge in [-0.15, -0.1) is 0 Å². The number of rotatable bonds is 4. The number of nitrogens with zero attached hydrogens (tertiary/aromatic N) is 3. The van der Waals surface area contributed by atoms with Gasteiger partial charge in [0.2, 0.25) is 15.9 Å². The van der Waals surface area contributed by atoms with Crippen LogP contribution in [-0.2, 0) is 32.7 Å². The molecule has 1 saturated heterocycles. The highest BCUT2D eigenvalue weighted by Crippen LogP contribution is 2.30. The fourth-order valence-electron chi connectivity index (χ4n) is 4.00. The van der Waals surface area contributed by atoms with Crippen molar-refractivity contribution >= 4 is 21.6 Å². The highest BCUT2D eigenvalue weighted by molar-refractivity contribution is 7.89. The second kappa shape index (κ2) is 8.62. The number of nitrogens with one attached hydrogen (secondary N) is 1. The van der Waals surface area contributed by atoms with Gasteiger partial charge in [0.05, 0.1) is 36.0 Å². The molecule has 172 valence electrons. The zero-order chi connectivity index (χ0) is 23.0. The number of hydrogen-bond acceptors (Lipinski definition) is 6. The topological polar surface area (TPSA) is 103 Å². The fourth-order valence-corrected chi connectivity index (χ4v) is 5.40. The van der Waals surface area contributed by atoms with Gasteiger partial charge in [0.15, 0.2) is 0 Å². The van der Waals surface area contributed by atoms with Gasteiger partial charge in [0.1, 0.15) is 12.4 Å². The van der Waals surface area contributed by atoms with E-state index >= 15 is 0 Å². The first kappa shape index (κ1) is 21.6. The summed E-state index contributed by atoms with van der Waals surface area (Å²) in [6.07, 6.45) is 0. The van der Waals surface area contributed by atoms with Crippen molar-refractivity contribution in [3.8, 4) is 17.0 Å². The summed E-state index contributed by atoms with van der Waals surface area (Å²) < 4.78 is 40.3. The zero-order valence-corrected chi connectivity index (χ0v) is 19.0. The molecule has 5 rings (SSSR count). The summed E-state index contributed by atoms with van der Waals surface area (Å²) in [5, 5.41) is 7.49. The van der Waals surface area contributed by atoms with Crippen molar-refractivity contribution in [2.75, 3.05) is 31.6 Å². The highest BCUT2D eigenvalue weighted by atomic mass is 32.2. The largest absolute Gasteiger partial charge is 0.487 e. The second-order valence-corrected chi connectivity index (χ2v) is 9.95. The average molecular weight is 469 g/mol. The van der Waals surface area contributed by atoms with Crippen LogP contribution in [0.5, 0.6) is 5.75 Å². The molecule has 2 aliphatic rings. The summed E-state index contributed by atoms with van der Waals surface area (Å²) in [7, 11) is -3.53. The van der Waals surface area contributed by atoms with Crippen LogP contribution in [0.15, 0.2) is 53.4 Å². The van der Waals surface area contributed by atoms with Gasteiger partial charge in [0, 0.05) is 42.9 Å². The van der Waals surface area contributed by atoms with E-state index in [4.69, 9.17) is 14.6 Å². The number of aromatic nitrogens is 2. The van der Waals surface area contributed by atoms with Crippen LogP contribution >= 0.6 is 0 Å². The van der Waals surface area contributed by atoms with E-state index in [0.717, 1.165) is 22.5 Å². The van der Waals surface area contributed by atoms with E-state index in [1.54, 1.807) is 24.3 Å². The third-order valence-electron chi connectivity index (χ3n) is 5.70. The molecule has 0 unspecified atom stereocenters. The Kier molecular flexibility index (Phi) is 5.65. The van der Waals surface area contributed by atoms with Gasteiger partial charge in [-0.2, -0.15) is 9.40 Å². The molecule has 0 atom stereocenters. The summed E-state index contributed by atoms with van der Waals surface area (Å²) in [6, 6.07) is 14.3. The molecule has 2 aliphatic heterocycles. The monoisotopic (exact) mass is 468 g/mol. The van der Waals surface area contributed by atoms with Gasteiger partial charge in [-0.05, 0) is 24.3 Å². The highest BCUT2D eigenvalue weighted by Gasteiger charge is 2.26. The van der Waals surface area contributed by atoms with E-state index in [1.807, 2.05) is 28.9 Å². The van der Waals surface area contributed by atoms with Crippen LogP contribution in [0.3, 0.4) is 0 Å². The number of benzene rings is 2. The molecule has 0 aliphatic carbocycles. The van der Waals surface area contributed by atoms with E-state index in [1.165, 1.54) is 11.2 Å². The summed E-state index contributed by atoms with van der Waals surface area (Å²) in [5.41, 5.74) is 4.14. The molecule has 0 saturated carbocycles. The Labute approximate surface area is 192 Å². The predicted octanol–water partition coefficient (Wildman–Crippen LogP) is 2.47. The van der Waals surface area contributed by atoms with Gasteiger partial charge >= 0.3 is 0 Å². The van der Waals surface area contributed by atoms with Crippen molar-refractivity contribution in [3.63, 3.8) is 0 Å². The van der Waals surface area contributed by atoms with Gasteiger partial charge in [0.25, 0.3) is 0 Å².